The van der Waals surface area contributed by atoms with Crippen molar-refractivity contribution < 1.29 is 18.7 Å². The maximum atomic E-state index is 13.5. The van der Waals surface area contributed by atoms with Gasteiger partial charge in [0, 0.05) is 18.1 Å². The Bertz CT molecular complexity index is 707. The van der Waals surface area contributed by atoms with E-state index in [-0.39, 0.29) is 5.92 Å². The highest BCUT2D eigenvalue weighted by Gasteiger charge is 2.31. The molecule has 0 radical (unpaired) electrons. The molecule has 1 aromatic heterocycles. The fourth-order valence-electron chi connectivity index (χ4n) is 2.86. The SMILES string of the molecule is CCC(C(=O)O)n1c(C2CCC2)nc2cc(F)c(F)cc21. The molecule has 6 heteroatoms. The Morgan fingerprint density at radius 2 is 2.10 bits per heavy atom. The van der Waals surface area contributed by atoms with Gasteiger partial charge in [-0.2, -0.15) is 0 Å². The van der Waals surface area contributed by atoms with Crippen molar-refractivity contribution in [1.82, 2.24) is 9.55 Å². The summed E-state index contributed by atoms with van der Waals surface area (Å²) in [5, 5.41) is 9.41. The summed E-state index contributed by atoms with van der Waals surface area (Å²) in [4.78, 5) is 15.9. The minimum absolute atomic E-state index is 0.178. The number of imidazole rings is 1. The number of benzene rings is 1. The Hall–Kier alpha value is -1.98. The van der Waals surface area contributed by atoms with Crippen molar-refractivity contribution in [3.63, 3.8) is 0 Å². The summed E-state index contributed by atoms with van der Waals surface area (Å²) in [5.74, 6) is -2.12. The van der Waals surface area contributed by atoms with Crippen LogP contribution in [0.5, 0.6) is 0 Å². The van der Waals surface area contributed by atoms with Gasteiger partial charge in [-0.05, 0) is 19.3 Å². The molecule has 1 aromatic carbocycles. The van der Waals surface area contributed by atoms with Gasteiger partial charge in [-0.3, -0.25) is 0 Å². The molecule has 112 valence electrons. The molecule has 1 unspecified atom stereocenters. The van der Waals surface area contributed by atoms with E-state index in [1.54, 1.807) is 11.5 Å². The quantitative estimate of drug-likeness (QED) is 0.937. The molecule has 1 heterocycles. The summed E-state index contributed by atoms with van der Waals surface area (Å²) in [6.07, 6.45) is 3.30. The highest BCUT2D eigenvalue weighted by atomic mass is 19.2. The van der Waals surface area contributed by atoms with Crippen molar-refractivity contribution in [2.24, 2.45) is 0 Å². The van der Waals surface area contributed by atoms with Crippen molar-refractivity contribution in [2.75, 3.05) is 0 Å². The lowest BCUT2D eigenvalue weighted by atomic mass is 9.84. The summed E-state index contributed by atoms with van der Waals surface area (Å²) in [5.41, 5.74) is 0.667. The maximum absolute atomic E-state index is 13.5. The topological polar surface area (TPSA) is 55.1 Å². The predicted molar refractivity (Wildman–Crippen MR) is 73.2 cm³/mol. The van der Waals surface area contributed by atoms with Crippen LogP contribution < -0.4 is 0 Å². The van der Waals surface area contributed by atoms with E-state index < -0.39 is 23.6 Å². The number of rotatable bonds is 4. The number of carbonyl (C=O) groups is 1. The number of fused-ring (bicyclic) bond motifs is 1. The van der Waals surface area contributed by atoms with Gasteiger partial charge in [-0.1, -0.05) is 13.3 Å². The summed E-state index contributed by atoms with van der Waals surface area (Å²) < 4.78 is 28.5. The lowest BCUT2D eigenvalue weighted by Crippen LogP contribution is -2.23. The van der Waals surface area contributed by atoms with Crippen molar-refractivity contribution in [1.29, 1.82) is 0 Å². The monoisotopic (exact) mass is 294 g/mol. The second-order valence-corrected chi connectivity index (χ2v) is 5.49. The number of halogens is 2. The Balaban J connectivity index is 2.26. The average Bonchev–Trinajstić information content (AvgIpc) is 2.67. The zero-order chi connectivity index (χ0) is 15.1. The second kappa shape index (κ2) is 5.09. The Kier molecular flexibility index (Phi) is 3.39. The number of aliphatic carboxylic acids is 1. The Morgan fingerprint density at radius 1 is 1.43 bits per heavy atom. The van der Waals surface area contributed by atoms with Crippen LogP contribution in [0.2, 0.25) is 0 Å². The molecule has 1 N–H and O–H groups in total. The molecule has 3 rings (SSSR count). The van der Waals surface area contributed by atoms with Crippen LogP contribution in [0.4, 0.5) is 8.78 Å². The van der Waals surface area contributed by atoms with Crippen LogP contribution >= 0.6 is 0 Å². The summed E-state index contributed by atoms with van der Waals surface area (Å²) in [6.45, 7) is 1.76. The van der Waals surface area contributed by atoms with Crippen LogP contribution in [0.1, 0.15) is 50.4 Å². The van der Waals surface area contributed by atoms with Crippen LogP contribution in [0.25, 0.3) is 11.0 Å². The molecule has 0 saturated heterocycles. The Labute approximate surface area is 120 Å². The fourth-order valence-corrected chi connectivity index (χ4v) is 2.86. The van der Waals surface area contributed by atoms with Crippen molar-refractivity contribution in [2.45, 2.75) is 44.6 Å². The van der Waals surface area contributed by atoms with E-state index in [1.807, 2.05) is 0 Å². The zero-order valence-electron chi connectivity index (χ0n) is 11.6. The van der Waals surface area contributed by atoms with Gasteiger partial charge in [0.25, 0.3) is 0 Å². The lowest BCUT2D eigenvalue weighted by Gasteiger charge is -2.27. The van der Waals surface area contributed by atoms with E-state index in [0.717, 1.165) is 31.4 Å². The molecule has 1 atom stereocenters. The summed E-state index contributed by atoms with van der Waals surface area (Å²) >= 11 is 0. The molecule has 0 aliphatic heterocycles. The second-order valence-electron chi connectivity index (χ2n) is 5.49. The van der Waals surface area contributed by atoms with Crippen LogP contribution in [0.15, 0.2) is 12.1 Å². The van der Waals surface area contributed by atoms with Crippen LogP contribution in [-0.4, -0.2) is 20.6 Å². The molecule has 1 fully saturated rings. The van der Waals surface area contributed by atoms with Crippen LogP contribution in [-0.2, 0) is 4.79 Å². The average molecular weight is 294 g/mol. The summed E-state index contributed by atoms with van der Waals surface area (Å²) in [7, 11) is 0. The van der Waals surface area contributed by atoms with E-state index in [2.05, 4.69) is 4.98 Å². The van der Waals surface area contributed by atoms with E-state index in [9.17, 15) is 18.7 Å². The standard InChI is InChI=1S/C15H16F2N2O2/c1-2-12(15(20)21)19-13-7-10(17)9(16)6-11(13)18-14(19)8-4-3-5-8/h6-8,12H,2-5H2,1H3,(H,20,21). The number of hydrogen-bond acceptors (Lipinski definition) is 2. The number of carboxylic acid groups (broad SMARTS) is 1. The molecular formula is C15H16F2N2O2. The lowest BCUT2D eigenvalue weighted by molar-refractivity contribution is -0.141. The minimum atomic E-state index is -0.984. The number of aromatic nitrogens is 2. The van der Waals surface area contributed by atoms with E-state index in [0.29, 0.717) is 23.3 Å². The number of hydrogen-bond donors (Lipinski definition) is 1. The van der Waals surface area contributed by atoms with Crippen molar-refractivity contribution in [3.8, 4) is 0 Å². The third-order valence-corrected chi connectivity index (χ3v) is 4.21. The maximum Gasteiger partial charge on any atom is 0.326 e. The van der Waals surface area contributed by atoms with Gasteiger partial charge in [0.2, 0.25) is 0 Å². The van der Waals surface area contributed by atoms with E-state index in [4.69, 9.17) is 0 Å². The smallest absolute Gasteiger partial charge is 0.326 e. The van der Waals surface area contributed by atoms with Gasteiger partial charge < -0.3 is 9.67 Å². The molecule has 1 saturated carbocycles. The molecule has 21 heavy (non-hydrogen) atoms. The van der Waals surface area contributed by atoms with Crippen molar-refractivity contribution >= 4 is 17.0 Å². The molecule has 1 aliphatic carbocycles. The molecule has 4 nitrogen and oxygen atoms in total. The highest BCUT2D eigenvalue weighted by molar-refractivity contribution is 5.80. The molecule has 0 spiro atoms. The molecule has 0 bridgehead atoms. The fraction of sp³-hybridized carbons (Fsp3) is 0.467. The highest BCUT2D eigenvalue weighted by Crippen LogP contribution is 2.39. The van der Waals surface area contributed by atoms with Gasteiger partial charge in [0.15, 0.2) is 11.6 Å². The van der Waals surface area contributed by atoms with Gasteiger partial charge >= 0.3 is 5.97 Å². The van der Waals surface area contributed by atoms with E-state index in [1.165, 1.54) is 0 Å². The molecule has 2 aromatic rings. The number of nitrogens with zero attached hydrogens (tertiary/aromatic N) is 2. The Morgan fingerprint density at radius 3 is 2.62 bits per heavy atom. The van der Waals surface area contributed by atoms with Gasteiger partial charge in [0.05, 0.1) is 11.0 Å². The first kappa shape index (κ1) is 14.0. The molecular weight excluding hydrogens is 278 g/mol. The van der Waals surface area contributed by atoms with Gasteiger partial charge in [0.1, 0.15) is 11.9 Å². The summed E-state index contributed by atoms with van der Waals surface area (Å²) in [6, 6.07) is 1.28. The van der Waals surface area contributed by atoms with Gasteiger partial charge in [-0.25, -0.2) is 18.6 Å². The van der Waals surface area contributed by atoms with Crippen LogP contribution in [0.3, 0.4) is 0 Å². The van der Waals surface area contributed by atoms with E-state index >= 15 is 0 Å². The predicted octanol–water partition coefficient (Wildman–Crippen LogP) is 3.62. The van der Waals surface area contributed by atoms with Gasteiger partial charge in [-0.15, -0.1) is 0 Å². The minimum Gasteiger partial charge on any atom is -0.480 e. The molecule has 1 aliphatic rings. The molecule has 0 amide bonds. The zero-order valence-corrected chi connectivity index (χ0v) is 11.6. The third-order valence-electron chi connectivity index (χ3n) is 4.21. The first-order chi connectivity index (χ1) is 10.0. The van der Waals surface area contributed by atoms with Crippen molar-refractivity contribution in [3.05, 3.63) is 29.6 Å². The first-order valence-electron chi connectivity index (χ1n) is 7.12. The normalized spacial score (nSPS) is 16.9. The third kappa shape index (κ3) is 2.18. The number of carboxylic acids is 1. The van der Waals surface area contributed by atoms with Crippen LogP contribution in [0, 0.1) is 11.6 Å². The first-order valence-corrected chi connectivity index (χ1v) is 7.12. The largest absolute Gasteiger partial charge is 0.480 e.